The summed E-state index contributed by atoms with van der Waals surface area (Å²) in [5.41, 5.74) is 4.31. The molecule has 0 aliphatic carbocycles. The van der Waals surface area contributed by atoms with E-state index >= 15 is 0 Å². The summed E-state index contributed by atoms with van der Waals surface area (Å²) < 4.78 is 2.24. The summed E-state index contributed by atoms with van der Waals surface area (Å²) in [5.74, 6) is 0.574. The number of hydrogen-bond donors (Lipinski definition) is 1. The van der Waals surface area contributed by atoms with Gasteiger partial charge in [0, 0.05) is 36.1 Å². The number of fused-ring (bicyclic) bond motifs is 1. The van der Waals surface area contributed by atoms with Crippen LogP contribution in [0, 0.1) is 0 Å². The molecule has 2 nitrogen and oxygen atoms in total. The minimum Gasteiger partial charge on any atom is -0.350 e. The Morgan fingerprint density at radius 2 is 1.95 bits per heavy atom. The highest BCUT2D eigenvalue weighted by Gasteiger charge is 2.24. The first-order valence-corrected chi connectivity index (χ1v) is 7.11. The number of rotatable bonds is 4. The Morgan fingerprint density at radius 3 is 2.53 bits per heavy atom. The van der Waals surface area contributed by atoms with Crippen LogP contribution in [-0.4, -0.2) is 18.2 Å². The van der Waals surface area contributed by atoms with Gasteiger partial charge in [0.25, 0.3) is 0 Å². The zero-order valence-corrected chi connectivity index (χ0v) is 13.0. The van der Waals surface area contributed by atoms with Gasteiger partial charge >= 0.3 is 0 Å². The number of nitrogens with one attached hydrogen (secondary N) is 1. The minimum atomic E-state index is 0.143. The largest absolute Gasteiger partial charge is 0.350 e. The molecule has 2 aromatic rings. The highest BCUT2D eigenvalue weighted by Crippen LogP contribution is 2.33. The van der Waals surface area contributed by atoms with E-state index in [0.29, 0.717) is 5.92 Å². The normalized spacial score (nSPS) is 12.6. The topological polar surface area (TPSA) is 17.0 Å². The molecule has 1 heterocycles. The maximum Gasteiger partial charge on any atom is 0.0480 e. The maximum absolute atomic E-state index is 3.31. The average Bonchev–Trinajstić information content (AvgIpc) is 2.67. The van der Waals surface area contributed by atoms with Crippen molar-refractivity contribution in [1.82, 2.24) is 9.88 Å². The van der Waals surface area contributed by atoms with Crippen molar-refractivity contribution in [3.05, 3.63) is 35.5 Å². The van der Waals surface area contributed by atoms with E-state index in [1.165, 1.54) is 22.0 Å². The molecule has 2 heteroatoms. The molecular formula is C17H26N2. The van der Waals surface area contributed by atoms with Gasteiger partial charge in [-0.25, -0.2) is 0 Å². The van der Waals surface area contributed by atoms with Crippen LogP contribution < -0.4 is 5.32 Å². The van der Waals surface area contributed by atoms with Gasteiger partial charge in [-0.15, -0.1) is 0 Å². The highest BCUT2D eigenvalue weighted by molar-refractivity contribution is 5.86. The molecule has 0 bridgehead atoms. The Morgan fingerprint density at radius 1 is 1.26 bits per heavy atom. The summed E-state index contributed by atoms with van der Waals surface area (Å²) in [6, 6.07) is 6.87. The summed E-state index contributed by atoms with van der Waals surface area (Å²) in [5, 5.41) is 4.71. The van der Waals surface area contributed by atoms with Crippen LogP contribution in [0.3, 0.4) is 0 Å². The summed E-state index contributed by atoms with van der Waals surface area (Å²) in [6.45, 7) is 10.1. The summed E-state index contributed by atoms with van der Waals surface area (Å²) in [6.07, 6.45) is 2.28. The highest BCUT2D eigenvalue weighted by atomic mass is 14.9. The summed E-state index contributed by atoms with van der Waals surface area (Å²) in [7, 11) is 4.16. The van der Waals surface area contributed by atoms with Crippen LogP contribution in [0.25, 0.3) is 10.9 Å². The van der Waals surface area contributed by atoms with Crippen molar-refractivity contribution in [3.8, 4) is 0 Å². The molecule has 19 heavy (non-hydrogen) atoms. The predicted molar refractivity (Wildman–Crippen MR) is 84.0 cm³/mol. The fraction of sp³-hybridized carbons (Fsp3) is 0.529. The van der Waals surface area contributed by atoms with Crippen molar-refractivity contribution in [2.75, 3.05) is 13.6 Å². The summed E-state index contributed by atoms with van der Waals surface area (Å²) >= 11 is 0. The van der Waals surface area contributed by atoms with Crippen LogP contribution in [0.4, 0.5) is 0 Å². The Labute approximate surface area is 116 Å². The first-order chi connectivity index (χ1) is 8.86. The number of aryl methyl sites for hydroxylation is 1. The van der Waals surface area contributed by atoms with E-state index in [0.717, 1.165) is 6.54 Å². The van der Waals surface area contributed by atoms with E-state index in [-0.39, 0.29) is 5.41 Å². The first-order valence-electron chi connectivity index (χ1n) is 7.11. The number of likely N-dealkylation sites (N-methyl/N-ethyl adjacent to an activating group) is 1. The van der Waals surface area contributed by atoms with Crippen molar-refractivity contribution >= 4 is 10.9 Å². The molecule has 2 rings (SSSR count). The molecule has 0 atom stereocenters. The monoisotopic (exact) mass is 258 g/mol. The van der Waals surface area contributed by atoms with E-state index in [4.69, 9.17) is 0 Å². The van der Waals surface area contributed by atoms with Gasteiger partial charge in [0.15, 0.2) is 0 Å². The Bertz CT molecular complexity index is 576. The molecule has 0 amide bonds. The SMILES string of the molecule is CNCC(C)(C)c1cn(C)c2ccc(C(C)C)cc12. The van der Waals surface area contributed by atoms with Crippen molar-refractivity contribution in [2.45, 2.75) is 39.0 Å². The molecular weight excluding hydrogens is 232 g/mol. The van der Waals surface area contributed by atoms with Gasteiger partial charge in [-0.1, -0.05) is 33.8 Å². The number of aromatic nitrogens is 1. The van der Waals surface area contributed by atoms with Crippen molar-refractivity contribution in [3.63, 3.8) is 0 Å². The number of nitrogens with zero attached hydrogens (tertiary/aromatic N) is 1. The predicted octanol–water partition coefficient (Wildman–Crippen LogP) is 3.80. The van der Waals surface area contributed by atoms with Crippen molar-refractivity contribution in [2.24, 2.45) is 7.05 Å². The molecule has 0 saturated heterocycles. The van der Waals surface area contributed by atoms with Crippen LogP contribution in [0.5, 0.6) is 0 Å². The fourth-order valence-corrected chi connectivity index (χ4v) is 2.85. The third kappa shape index (κ3) is 2.55. The van der Waals surface area contributed by atoms with Gasteiger partial charge in [0.05, 0.1) is 0 Å². The molecule has 0 radical (unpaired) electrons. The minimum absolute atomic E-state index is 0.143. The van der Waals surface area contributed by atoms with Crippen LogP contribution in [0.1, 0.15) is 44.7 Å². The third-order valence-corrected chi connectivity index (χ3v) is 4.03. The molecule has 1 aromatic carbocycles. The van der Waals surface area contributed by atoms with E-state index in [1.807, 2.05) is 7.05 Å². The fourth-order valence-electron chi connectivity index (χ4n) is 2.85. The third-order valence-electron chi connectivity index (χ3n) is 4.03. The van der Waals surface area contributed by atoms with Crippen LogP contribution in [0.2, 0.25) is 0 Å². The molecule has 0 aliphatic heterocycles. The Hall–Kier alpha value is -1.28. The zero-order chi connectivity index (χ0) is 14.2. The lowest BCUT2D eigenvalue weighted by Gasteiger charge is -2.24. The van der Waals surface area contributed by atoms with Gasteiger partial charge in [-0.2, -0.15) is 0 Å². The average molecular weight is 258 g/mol. The van der Waals surface area contributed by atoms with Gasteiger partial charge < -0.3 is 9.88 Å². The smallest absolute Gasteiger partial charge is 0.0480 e. The number of benzene rings is 1. The molecule has 104 valence electrons. The second-order valence-electron chi connectivity index (χ2n) is 6.50. The van der Waals surface area contributed by atoms with Crippen molar-refractivity contribution in [1.29, 1.82) is 0 Å². The molecule has 0 unspecified atom stereocenters. The summed E-state index contributed by atoms with van der Waals surface area (Å²) in [4.78, 5) is 0. The molecule has 1 aromatic heterocycles. The van der Waals surface area contributed by atoms with Gasteiger partial charge in [-0.05, 0) is 36.2 Å². The first kappa shape index (κ1) is 14.1. The van der Waals surface area contributed by atoms with Gasteiger partial charge in [0.1, 0.15) is 0 Å². The lowest BCUT2D eigenvalue weighted by atomic mass is 9.84. The lowest BCUT2D eigenvalue weighted by molar-refractivity contribution is 0.496. The van der Waals surface area contributed by atoms with Gasteiger partial charge in [0.2, 0.25) is 0 Å². The van der Waals surface area contributed by atoms with Crippen LogP contribution in [-0.2, 0) is 12.5 Å². The van der Waals surface area contributed by atoms with E-state index < -0.39 is 0 Å². The quantitative estimate of drug-likeness (QED) is 0.882. The lowest BCUT2D eigenvalue weighted by Crippen LogP contribution is -2.30. The Balaban J connectivity index is 2.64. The van der Waals surface area contributed by atoms with Crippen LogP contribution >= 0.6 is 0 Å². The van der Waals surface area contributed by atoms with E-state index in [9.17, 15) is 0 Å². The number of hydrogen-bond acceptors (Lipinski definition) is 1. The van der Waals surface area contributed by atoms with Crippen molar-refractivity contribution < 1.29 is 0 Å². The second-order valence-corrected chi connectivity index (χ2v) is 6.50. The Kier molecular flexibility index (Phi) is 3.73. The van der Waals surface area contributed by atoms with E-state index in [1.54, 1.807) is 0 Å². The van der Waals surface area contributed by atoms with E-state index in [2.05, 4.69) is 69.0 Å². The van der Waals surface area contributed by atoms with Crippen LogP contribution in [0.15, 0.2) is 24.4 Å². The standard InChI is InChI=1S/C17H26N2/c1-12(2)13-7-8-16-14(9-13)15(10-19(16)6)17(3,4)11-18-5/h7-10,12,18H,11H2,1-6H3. The second kappa shape index (κ2) is 5.01. The molecule has 0 saturated carbocycles. The van der Waals surface area contributed by atoms with Gasteiger partial charge in [-0.3, -0.25) is 0 Å². The maximum atomic E-state index is 3.31. The molecule has 0 aliphatic rings. The zero-order valence-electron chi connectivity index (χ0n) is 13.0. The molecule has 0 spiro atoms. The molecule has 0 fully saturated rings. The molecule has 1 N–H and O–H groups in total.